The second-order valence-corrected chi connectivity index (χ2v) is 7.76. The van der Waals surface area contributed by atoms with Crippen LogP contribution in [0.25, 0.3) is 0 Å². The summed E-state index contributed by atoms with van der Waals surface area (Å²) in [5.41, 5.74) is 2.23. The molecule has 1 heterocycles. The first-order valence-electron chi connectivity index (χ1n) is 7.31. The highest BCUT2D eigenvalue weighted by Gasteiger charge is 2.35. The Balaban J connectivity index is 1.92. The van der Waals surface area contributed by atoms with Crippen LogP contribution in [0, 0.1) is 19.3 Å². The summed E-state index contributed by atoms with van der Waals surface area (Å²) >= 11 is 1.32. The van der Waals surface area contributed by atoms with E-state index in [-0.39, 0.29) is 22.9 Å². The molecule has 2 rings (SSSR count). The Morgan fingerprint density at radius 1 is 1.29 bits per heavy atom. The first-order chi connectivity index (χ1) is 9.77. The fraction of sp³-hybridized carbons (Fsp3) is 0.588. The summed E-state index contributed by atoms with van der Waals surface area (Å²) in [5.74, 6) is 0. The molecule has 0 spiro atoms. The van der Waals surface area contributed by atoms with Gasteiger partial charge >= 0.3 is 0 Å². The van der Waals surface area contributed by atoms with Crippen molar-refractivity contribution in [3.63, 3.8) is 0 Å². The van der Waals surface area contributed by atoms with Gasteiger partial charge in [-0.3, -0.25) is 4.79 Å². The molecule has 3 nitrogen and oxygen atoms in total. The number of hydrogen-bond donors (Lipinski definition) is 0. The molecule has 0 N–H and O–H groups in total. The molecule has 1 aliphatic heterocycles. The van der Waals surface area contributed by atoms with Gasteiger partial charge in [-0.15, -0.1) is 0 Å². The van der Waals surface area contributed by atoms with Crippen molar-refractivity contribution in [2.45, 2.75) is 58.3 Å². The number of ether oxygens (including phenoxy) is 2. The Bertz CT molecular complexity index is 499. The quantitative estimate of drug-likeness (QED) is 0.788. The molecule has 1 saturated heterocycles. The number of thioether (sulfide) groups is 1. The van der Waals surface area contributed by atoms with Crippen molar-refractivity contribution < 1.29 is 14.3 Å². The third kappa shape index (κ3) is 4.31. The standard InChI is InChI=1S/C17H24O3S/c1-11-7-6-8-12(2)15(11)21-14(18)9-13-10-19-16(20-13)17(3,4)5/h6-8,13,16H,9-10H2,1-5H3/t13-,16-/m0/s1. The molecule has 0 saturated carbocycles. The van der Waals surface area contributed by atoms with E-state index in [1.165, 1.54) is 11.8 Å². The van der Waals surface area contributed by atoms with E-state index in [4.69, 9.17) is 9.47 Å². The minimum atomic E-state index is -0.222. The van der Waals surface area contributed by atoms with E-state index in [0.29, 0.717) is 13.0 Å². The zero-order valence-electron chi connectivity index (χ0n) is 13.4. The van der Waals surface area contributed by atoms with E-state index in [1.807, 2.05) is 32.0 Å². The van der Waals surface area contributed by atoms with Crippen molar-refractivity contribution in [3.05, 3.63) is 29.3 Å². The summed E-state index contributed by atoms with van der Waals surface area (Å²) in [6.07, 6.45) is 0.0458. The van der Waals surface area contributed by atoms with E-state index < -0.39 is 0 Å². The second-order valence-electron chi connectivity index (χ2n) is 6.69. The Kier molecular flexibility index (Phi) is 5.12. The smallest absolute Gasteiger partial charge is 0.196 e. The monoisotopic (exact) mass is 308 g/mol. The molecule has 116 valence electrons. The molecule has 1 aromatic carbocycles. The van der Waals surface area contributed by atoms with Gasteiger partial charge in [0, 0.05) is 16.7 Å². The van der Waals surface area contributed by atoms with Gasteiger partial charge in [0.1, 0.15) is 0 Å². The zero-order chi connectivity index (χ0) is 15.6. The topological polar surface area (TPSA) is 35.5 Å². The van der Waals surface area contributed by atoms with Crippen LogP contribution in [-0.2, 0) is 14.3 Å². The Morgan fingerprint density at radius 3 is 2.43 bits per heavy atom. The minimum absolute atomic E-state index is 0.0580. The lowest BCUT2D eigenvalue weighted by atomic mass is 9.96. The van der Waals surface area contributed by atoms with Crippen LogP contribution in [0.3, 0.4) is 0 Å². The van der Waals surface area contributed by atoms with Crippen LogP contribution >= 0.6 is 11.8 Å². The number of aryl methyl sites for hydroxylation is 2. The summed E-state index contributed by atoms with van der Waals surface area (Å²) in [7, 11) is 0. The predicted octanol–water partition coefficient (Wildman–Crippen LogP) is 4.10. The van der Waals surface area contributed by atoms with Gasteiger partial charge in [-0.1, -0.05) is 50.7 Å². The summed E-state index contributed by atoms with van der Waals surface area (Å²) < 4.78 is 11.5. The number of carbonyl (C=O) groups excluding carboxylic acids is 1. The molecule has 4 heteroatoms. The van der Waals surface area contributed by atoms with Crippen LogP contribution < -0.4 is 0 Å². The van der Waals surface area contributed by atoms with Crippen LogP contribution in [0.15, 0.2) is 23.1 Å². The molecule has 21 heavy (non-hydrogen) atoms. The van der Waals surface area contributed by atoms with Crippen molar-refractivity contribution >= 4 is 16.9 Å². The largest absolute Gasteiger partial charge is 0.349 e. The highest BCUT2D eigenvalue weighted by molar-refractivity contribution is 8.13. The maximum Gasteiger partial charge on any atom is 0.196 e. The highest BCUT2D eigenvalue weighted by atomic mass is 32.2. The van der Waals surface area contributed by atoms with E-state index >= 15 is 0 Å². The molecule has 2 atom stereocenters. The predicted molar refractivity (Wildman–Crippen MR) is 85.5 cm³/mol. The van der Waals surface area contributed by atoms with Crippen molar-refractivity contribution in [2.75, 3.05) is 6.61 Å². The van der Waals surface area contributed by atoms with Crippen molar-refractivity contribution in [1.82, 2.24) is 0 Å². The van der Waals surface area contributed by atoms with Crippen LogP contribution in [-0.4, -0.2) is 24.1 Å². The van der Waals surface area contributed by atoms with Crippen molar-refractivity contribution in [3.8, 4) is 0 Å². The van der Waals surface area contributed by atoms with Gasteiger partial charge in [-0.25, -0.2) is 0 Å². The number of carbonyl (C=O) groups is 1. The molecule has 1 fully saturated rings. The third-order valence-electron chi connectivity index (χ3n) is 3.48. The molecule has 1 aromatic rings. The maximum absolute atomic E-state index is 12.3. The van der Waals surface area contributed by atoms with E-state index in [2.05, 4.69) is 20.8 Å². The number of rotatable bonds is 3. The number of hydrogen-bond acceptors (Lipinski definition) is 4. The first kappa shape index (κ1) is 16.5. The average Bonchev–Trinajstić information content (AvgIpc) is 2.82. The second kappa shape index (κ2) is 6.51. The van der Waals surface area contributed by atoms with Gasteiger partial charge in [0.05, 0.1) is 12.7 Å². The molecule has 0 amide bonds. The van der Waals surface area contributed by atoms with Gasteiger partial charge in [0.25, 0.3) is 0 Å². The van der Waals surface area contributed by atoms with E-state index in [0.717, 1.165) is 16.0 Å². The van der Waals surface area contributed by atoms with Crippen LogP contribution in [0.2, 0.25) is 0 Å². The zero-order valence-corrected chi connectivity index (χ0v) is 14.3. The van der Waals surface area contributed by atoms with Crippen molar-refractivity contribution in [2.24, 2.45) is 5.41 Å². The van der Waals surface area contributed by atoms with E-state index in [9.17, 15) is 4.79 Å². The summed E-state index contributed by atoms with van der Waals surface area (Å²) in [6.45, 7) is 10.8. The first-order valence-corrected chi connectivity index (χ1v) is 8.13. The van der Waals surface area contributed by atoms with Gasteiger partial charge in [-0.2, -0.15) is 0 Å². The molecule has 0 radical (unpaired) electrons. The molecule has 0 aliphatic carbocycles. The normalized spacial score (nSPS) is 22.5. The Morgan fingerprint density at radius 2 is 1.90 bits per heavy atom. The lowest BCUT2D eigenvalue weighted by Crippen LogP contribution is -2.28. The molecule has 0 unspecified atom stereocenters. The SMILES string of the molecule is Cc1cccc(C)c1SC(=O)C[C@H]1CO[C@H](C(C)(C)C)O1. The maximum atomic E-state index is 12.3. The fourth-order valence-electron chi connectivity index (χ4n) is 2.31. The average molecular weight is 308 g/mol. The van der Waals surface area contributed by atoms with Crippen LogP contribution in [0.5, 0.6) is 0 Å². The summed E-state index contributed by atoms with van der Waals surface area (Å²) in [5, 5.41) is 0.135. The van der Waals surface area contributed by atoms with Gasteiger partial charge in [0.2, 0.25) is 0 Å². The number of benzene rings is 1. The third-order valence-corrected chi connectivity index (χ3v) is 4.72. The molecular weight excluding hydrogens is 284 g/mol. The Hall–Kier alpha value is -0.840. The molecular formula is C17H24O3S. The van der Waals surface area contributed by atoms with E-state index in [1.54, 1.807) is 0 Å². The highest BCUT2D eigenvalue weighted by Crippen LogP contribution is 2.32. The lowest BCUT2D eigenvalue weighted by molar-refractivity contribution is -0.129. The van der Waals surface area contributed by atoms with Gasteiger partial charge in [0.15, 0.2) is 11.4 Å². The summed E-state index contributed by atoms with van der Waals surface area (Å²) in [4.78, 5) is 13.3. The molecule has 1 aliphatic rings. The molecule has 0 aromatic heterocycles. The minimum Gasteiger partial charge on any atom is -0.349 e. The van der Waals surface area contributed by atoms with Gasteiger partial charge in [-0.05, 0) is 25.0 Å². The lowest BCUT2D eigenvalue weighted by Gasteiger charge is -2.25. The Labute approximate surface area is 131 Å². The van der Waals surface area contributed by atoms with Crippen molar-refractivity contribution in [1.29, 1.82) is 0 Å². The van der Waals surface area contributed by atoms with Gasteiger partial charge < -0.3 is 9.47 Å². The fourth-order valence-corrected chi connectivity index (χ4v) is 3.27. The summed E-state index contributed by atoms with van der Waals surface area (Å²) in [6, 6.07) is 6.09. The van der Waals surface area contributed by atoms with Crippen LogP contribution in [0.1, 0.15) is 38.3 Å². The van der Waals surface area contributed by atoms with Crippen LogP contribution in [0.4, 0.5) is 0 Å². The molecule has 0 bridgehead atoms.